The minimum absolute atomic E-state index is 0.0238. The Kier molecular flexibility index (Phi) is 7.29. The van der Waals surface area contributed by atoms with Gasteiger partial charge < -0.3 is 20.3 Å². The van der Waals surface area contributed by atoms with Crippen molar-refractivity contribution in [1.29, 1.82) is 0 Å². The van der Waals surface area contributed by atoms with Gasteiger partial charge >= 0.3 is 5.97 Å². The van der Waals surface area contributed by atoms with Crippen LogP contribution in [0.5, 0.6) is 0 Å². The highest BCUT2D eigenvalue weighted by atomic mass is 16.6. The SMILES string of the molecule is CCNC(=NCC(=O)OC(C)(C)C)NC1CCN(C(=O)C2CCCC2)C1. The second kappa shape index (κ2) is 9.24. The minimum atomic E-state index is -0.509. The van der Waals surface area contributed by atoms with Crippen LogP contribution in [0.1, 0.15) is 59.8 Å². The van der Waals surface area contributed by atoms with E-state index in [0.29, 0.717) is 25.0 Å². The molecule has 26 heavy (non-hydrogen) atoms. The lowest BCUT2D eigenvalue weighted by Gasteiger charge is -2.22. The zero-order valence-electron chi connectivity index (χ0n) is 16.6. The predicted octanol–water partition coefficient (Wildman–Crippen LogP) is 1.67. The summed E-state index contributed by atoms with van der Waals surface area (Å²) in [5.74, 6) is 0.781. The van der Waals surface area contributed by atoms with E-state index in [0.717, 1.165) is 25.8 Å². The molecule has 2 fully saturated rings. The first-order chi connectivity index (χ1) is 12.3. The summed E-state index contributed by atoms with van der Waals surface area (Å²) >= 11 is 0. The topological polar surface area (TPSA) is 83.0 Å². The molecule has 0 bridgehead atoms. The summed E-state index contributed by atoms with van der Waals surface area (Å²) in [4.78, 5) is 30.7. The number of esters is 1. The molecule has 1 saturated carbocycles. The molecule has 0 aromatic rings. The number of guanidine groups is 1. The Labute approximate surface area is 156 Å². The third-order valence-electron chi connectivity index (χ3n) is 4.68. The maximum Gasteiger partial charge on any atom is 0.328 e. The minimum Gasteiger partial charge on any atom is -0.459 e. The van der Waals surface area contributed by atoms with Gasteiger partial charge in [-0.1, -0.05) is 12.8 Å². The molecule has 1 heterocycles. The molecule has 1 unspecified atom stereocenters. The molecular weight excluding hydrogens is 332 g/mol. The van der Waals surface area contributed by atoms with Gasteiger partial charge in [-0.3, -0.25) is 9.59 Å². The van der Waals surface area contributed by atoms with Gasteiger partial charge in [-0.2, -0.15) is 0 Å². The molecule has 0 spiro atoms. The Balaban J connectivity index is 1.84. The molecule has 0 aromatic heterocycles. The molecule has 148 valence electrons. The third kappa shape index (κ3) is 6.50. The van der Waals surface area contributed by atoms with E-state index in [2.05, 4.69) is 15.6 Å². The first-order valence-corrected chi connectivity index (χ1v) is 9.84. The second-order valence-electron chi connectivity index (χ2n) is 8.18. The third-order valence-corrected chi connectivity index (χ3v) is 4.68. The van der Waals surface area contributed by atoms with Crippen LogP contribution in [0.4, 0.5) is 0 Å². The monoisotopic (exact) mass is 366 g/mol. The van der Waals surface area contributed by atoms with E-state index < -0.39 is 5.60 Å². The van der Waals surface area contributed by atoms with Crippen LogP contribution in [-0.2, 0) is 14.3 Å². The number of nitrogens with one attached hydrogen (secondary N) is 2. The van der Waals surface area contributed by atoms with Crippen molar-refractivity contribution in [3.63, 3.8) is 0 Å². The Morgan fingerprint density at radius 3 is 2.50 bits per heavy atom. The molecule has 1 saturated heterocycles. The fourth-order valence-corrected chi connectivity index (χ4v) is 3.54. The molecule has 0 aromatic carbocycles. The van der Waals surface area contributed by atoms with Gasteiger partial charge in [0.05, 0.1) is 0 Å². The van der Waals surface area contributed by atoms with Crippen LogP contribution in [0.2, 0.25) is 0 Å². The first-order valence-electron chi connectivity index (χ1n) is 9.84. The second-order valence-corrected chi connectivity index (χ2v) is 8.18. The first kappa shape index (κ1) is 20.5. The summed E-state index contributed by atoms with van der Waals surface area (Å²) in [5, 5.41) is 6.50. The van der Waals surface area contributed by atoms with Crippen molar-refractivity contribution < 1.29 is 14.3 Å². The lowest BCUT2D eigenvalue weighted by Crippen LogP contribution is -2.45. The van der Waals surface area contributed by atoms with Crippen molar-refractivity contribution in [3.8, 4) is 0 Å². The van der Waals surface area contributed by atoms with Crippen molar-refractivity contribution >= 4 is 17.8 Å². The molecule has 2 N–H and O–H groups in total. The van der Waals surface area contributed by atoms with Crippen LogP contribution in [0, 0.1) is 5.92 Å². The lowest BCUT2D eigenvalue weighted by atomic mass is 10.1. The van der Waals surface area contributed by atoms with Gasteiger partial charge in [-0.25, -0.2) is 4.99 Å². The van der Waals surface area contributed by atoms with E-state index in [-0.39, 0.29) is 24.5 Å². The number of aliphatic imine (C=N–C) groups is 1. The normalized spacial score (nSPS) is 21.8. The highest BCUT2D eigenvalue weighted by Gasteiger charge is 2.32. The van der Waals surface area contributed by atoms with Crippen LogP contribution in [0.15, 0.2) is 4.99 Å². The summed E-state index contributed by atoms with van der Waals surface area (Å²) in [6.07, 6.45) is 5.32. The maximum absolute atomic E-state index is 12.5. The van der Waals surface area contributed by atoms with E-state index in [1.807, 2.05) is 32.6 Å². The van der Waals surface area contributed by atoms with E-state index in [4.69, 9.17) is 4.74 Å². The maximum atomic E-state index is 12.5. The van der Waals surface area contributed by atoms with E-state index in [1.165, 1.54) is 12.8 Å². The lowest BCUT2D eigenvalue weighted by molar-refractivity contribution is -0.152. The largest absolute Gasteiger partial charge is 0.459 e. The van der Waals surface area contributed by atoms with Gasteiger partial charge in [0.1, 0.15) is 12.1 Å². The summed E-state index contributed by atoms with van der Waals surface area (Å²) in [6.45, 7) is 9.67. The Morgan fingerprint density at radius 1 is 1.19 bits per heavy atom. The van der Waals surface area contributed by atoms with Crippen molar-refractivity contribution in [3.05, 3.63) is 0 Å². The van der Waals surface area contributed by atoms with Gasteiger partial charge in [0, 0.05) is 31.6 Å². The van der Waals surface area contributed by atoms with Crippen LogP contribution >= 0.6 is 0 Å². The zero-order valence-corrected chi connectivity index (χ0v) is 16.6. The van der Waals surface area contributed by atoms with Crippen molar-refractivity contribution in [2.45, 2.75) is 71.4 Å². The number of ether oxygens (including phenoxy) is 1. The Hall–Kier alpha value is -1.79. The summed E-state index contributed by atoms with van der Waals surface area (Å²) in [7, 11) is 0. The molecular formula is C19H34N4O3. The number of carbonyl (C=O) groups is 2. The number of rotatable bonds is 5. The number of nitrogens with zero attached hydrogens (tertiary/aromatic N) is 2. The van der Waals surface area contributed by atoms with Crippen LogP contribution in [-0.4, -0.2) is 60.6 Å². The fraction of sp³-hybridized carbons (Fsp3) is 0.842. The average Bonchev–Trinajstić information content (AvgIpc) is 3.22. The highest BCUT2D eigenvalue weighted by molar-refractivity contribution is 5.83. The molecule has 0 radical (unpaired) electrons. The predicted molar refractivity (Wildman–Crippen MR) is 102 cm³/mol. The van der Waals surface area contributed by atoms with Crippen molar-refractivity contribution in [2.75, 3.05) is 26.2 Å². The molecule has 2 rings (SSSR count). The number of amides is 1. The molecule has 1 atom stereocenters. The van der Waals surface area contributed by atoms with Crippen LogP contribution in [0.25, 0.3) is 0 Å². The van der Waals surface area contributed by atoms with Gasteiger partial charge in [-0.15, -0.1) is 0 Å². The number of hydrogen-bond donors (Lipinski definition) is 2. The molecule has 7 heteroatoms. The van der Waals surface area contributed by atoms with E-state index in [1.54, 1.807) is 0 Å². The highest BCUT2D eigenvalue weighted by Crippen LogP contribution is 2.27. The van der Waals surface area contributed by atoms with Crippen molar-refractivity contribution in [1.82, 2.24) is 15.5 Å². The standard InChI is InChI=1S/C19H34N4O3/c1-5-20-18(21-12-16(24)26-19(2,3)4)22-15-10-11-23(13-15)17(25)14-8-6-7-9-14/h14-15H,5-13H2,1-4H3,(H2,20,21,22). The number of likely N-dealkylation sites (tertiary alicyclic amines) is 1. The number of carbonyl (C=O) groups excluding carboxylic acids is 2. The van der Waals surface area contributed by atoms with Crippen LogP contribution < -0.4 is 10.6 Å². The average molecular weight is 367 g/mol. The smallest absolute Gasteiger partial charge is 0.328 e. The van der Waals surface area contributed by atoms with E-state index >= 15 is 0 Å². The summed E-state index contributed by atoms with van der Waals surface area (Å²) < 4.78 is 5.29. The van der Waals surface area contributed by atoms with Gasteiger partial charge in [-0.05, 0) is 47.0 Å². The molecule has 1 aliphatic carbocycles. The summed E-state index contributed by atoms with van der Waals surface area (Å²) in [5.41, 5.74) is -0.509. The number of hydrogen-bond acceptors (Lipinski definition) is 4. The van der Waals surface area contributed by atoms with Gasteiger partial charge in [0.25, 0.3) is 0 Å². The zero-order chi connectivity index (χ0) is 19.2. The summed E-state index contributed by atoms with van der Waals surface area (Å²) in [6, 6.07) is 0.164. The molecule has 2 aliphatic rings. The fourth-order valence-electron chi connectivity index (χ4n) is 3.54. The molecule has 1 aliphatic heterocycles. The van der Waals surface area contributed by atoms with Crippen molar-refractivity contribution in [2.24, 2.45) is 10.9 Å². The quantitative estimate of drug-likeness (QED) is 0.439. The molecule has 7 nitrogen and oxygen atoms in total. The van der Waals surface area contributed by atoms with Gasteiger partial charge in [0.2, 0.25) is 5.91 Å². The van der Waals surface area contributed by atoms with Gasteiger partial charge in [0.15, 0.2) is 5.96 Å². The van der Waals surface area contributed by atoms with E-state index in [9.17, 15) is 9.59 Å². The Morgan fingerprint density at radius 2 is 1.88 bits per heavy atom. The van der Waals surface area contributed by atoms with Crippen LogP contribution in [0.3, 0.4) is 0 Å². The molecule has 1 amide bonds. The Bertz CT molecular complexity index is 521.